The highest BCUT2D eigenvalue weighted by Gasteiger charge is 2.12. The van der Waals surface area contributed by atoms with Crippen LogP contribution in [0.3, 0.4) is 0 Å². The zero-order chi connectivity index (χ0) is 10.8. The molecule has 2 aromatic rings. The Morgan fingerprint density at radius 3 is 2.33 bits per heavy atom. The van der Waals surface area contributed by atoms with E-state index in [2.05, 4.69) is 4.98 Å². The summed E-state index contributed by atoms with van der Waals surface area (Å²) in [6.07, 6.45) is 0. The van der Waals surface area contributed by atoms with Crippen molar-refractivity contribution in [1.82, 2.24) is 4.98 Å². The largest absolute Gasteiger partial charge is 0.362 e. The van der Waals surface area contributed by atoms with E-state index in [0.29, 0.717) is 0 Å². The lowest BCUT2D eigenvalue weighted by Gasteiger charge is -1.98. The van der Waals surface area contributed by atoms with E-state index in [1.54, 1.807) is 0 Å². The Kier molecular flexibility index (Phi) is 2.42. The second-order valence-corrected chi connectivity index (χ2v) is 3.69. The minimum absolute atomic E-state index is 0.0810. The predicted octanol–water partition coefficient (Wildman–Crippen LogP) is 2.86. The Bertz CT molecular complexity index is 482. The van der Waals surface area contributed by atoms with Crippen molar-refractivity contribution >= 4 is 5.78 Å². The molecule has 0 saturated carbocycles. The van der Waals surface area contributed by atoms with Crippen LogP contribution in [0.4, 0.5) is 0 Å². The first-order valence-corrected chi connectivity index (χ1v) is 4.94. The molecule has 0 bridgehead atoms. The number of carbonyl (C=O) groups is 1. The van der Waals surface area contributed by atoms with Crippen LogP contribution < -0.4 is 0 Å². The Hall–Kier alpha value is -1.83. The summed E-state index contributed by atoms with van der Waals surface area (Å²) in [4.78, 5) is 15.2. The summed E-state index contributed by atoms with van der Waals surface area (Å²) < 4.78 is 0. The van der Waals surface area contributed by atoms with Crippen molar-refractivity contribution in [2.45, 2.75) is 13.8 Å². The van der Waals surface area contributed by atoms with Gasteiger partial charge in [-0.1, -0.05) is 30.3 Å². The van der Waals surface area contributed by atoms with Gasteiger partial charge in [0, 0.05) is 22.5 Å². The highest BCUT2D eigenvalue weighted by atomic mass is 16.1. The molecule has 1 N–H and O–H groups in total. The van der Waals surface area contributed by atoms with E-state index in [1.807, 2.05) is 50.2 Å². The molecule has 2 nitrogen and oxygen atoms in total. The molecule has 0 aliphatic carbocycles. The number of benzene rings is 1. The van der Waals surface area contributed by atoms with Crippen LogP contribution in [0.1, 0.15) is 27.3 Å². The molecule has 0 unspecified atom stereocenters. The summed E-state index contributed by atoms with van der Waals surface area (Å²) in [6, 6.07) is 11.2. The fraction of sp³-hybridized carbons (Fsp3) is 0.154. The number of rotatable bonds is 2. The number of nitrogens with one attached hydrogen (secondary N) is 1. The molecule has 2 rings (SSSR count). The second kappa shape index (κ2) is 3.73. The van der Waals surface area contributed by atoms with E-state index < -0.39 is 0 Å². The first kappa shape index (κ1) is 9.71. The summed E-state index contributed by atoms with van der Waals surface area (Å²) in [5, 5.41) is 0. The Labute approximate surface area is 89.0 Å². The molecule has 15 heavy (non-hydrogen) atoms. The van der Waals surface area contributed by atoms with Crippen LogP contribution in [0.2, 0.25) is 0 Å². The van der Waals surface area contributed by atoms with E-state index in [1.165, 1.54) is 0 Å². The van der Waals surface area contributed by atoms with Gasteiger partial charge in [-0.15, -0.1) is 0 Å². The predicted molar refractivity (Wildman–Crippen MR) is 60.1 cm³/mol. The smallest absolute Gasteiger partial charge is 0.194 e. The van der Waals surface area contributed by atoms with Gasteiger partial charge in [0.25, 0.3) is 0 Å². The Morgan fingerprint density at radius 1 is 1.13 bits per heavy atom. The molecule has 0 fully saturated rings. The quantitative estimate of drug-likeness (QED) is 0.741. The third kappa shape index (κ3) is 1.84. The maximum atomic E-state index is 12.1. The fourth-order valence-corrected chi connectivity index (χ4v) is 1.70. The third-order valence-electron chi connectivity index (χ3n) is 2.43. The lowest BCUT2D eigenvalue weighted by molar-refractivity contribution is 0.103. The molecule has 1 aromatic heterocycles. The number of aromatic amines is 1. The van der Waals surface area contributed by atoms with Crippen molar-refractivity contribution in [2.75, 3.05) is 0 Å². The van der Waals surface area contributed by atoms with Crippen molar-refractivity contribution in [1.29, 1.82) is 0 Å². The van der Waals surface area contributed by atoms with E-state index in [-0.39, 0.29) is 5.78 Å². The van der Waals surface area contributed by atoms with Crippen LogP contribution in [0.25, 0.3) is 0 Å². The normalized spacial score (nSPS) is 10.3. The zero-order valence-corrected chi connectivity index (χ0v) is 8.87. The molecular formula is C13H13NO. The number of carbonyl (C=O) groups excluding carboxylic acids is 1. The minimum Gasteiger partial charge on any atom is -0.362 e. The summed E-state index contributed by atoms with van der Waals surface area (Å²) in [6.45, 7) is 3.87. The molecule has 0 spiro atoms. The summed E-state index contributed by atoms with van der Waals surface area (Å²) >= 11 is 0. The molecule has 76 valence electrons. The number of aryl methyl sites for hydroxylation is 2. The molecule has 0 radical (unpaired) electrons. The average molecular weight is 199 g/mol. The maximum Gasteiger partial charge on any atom is 0.194 e. The van der Waals surface area contributed by atoms with Crippen LogP contribution in [0.15, 0.2) is 36.4 Å². The van der Waals surface area contributed by atoms with Gasteiger partial charge < -0.3 is 4.98 Å². The minimum atomic E-state index is 0.0810. The lowest BCUT2D eigenvalue weighted by Crippen LogP contribution is -2.01. The standard InChI is InChI=1S/C13H13NO/c1-9-8-12(10(2)14-9)13(15)11-6-4-3-5-7-11/h3-8,14H,1-2H3. The number of aromatic nitrogens is 1. The molecule has 0 aliphatic rings. The van der Waals surface area contributed by atoms with Crippen molar-refractivity contribution < 1.29 is 4.79 Å². The molecule has 0 amide bonds. The fourth-order valence-electron chi connectivity index (χ4n) is 1.70. The molecule has 1 heterocycles. The third-order valence-corrected chi connectivity index (χ3v) is 2.43. The van der Waals surface area contributed by atoms with Gasteiger partial charge >= 0.3 is 0 Å². The maximum absolute atomic E-state index is 12.1. The molecule has 2 heteroatoms. The van der Waals surface area contributed by atoms with E-state index in [0.717, 1.165) is 22.5 Å². The van der Waals surface area contributed by atoms with Gasteiger partial charge in [0.1, 0.15) is 0 Å². The highest BCUT2D eigenvalue weighted by molar-refractivity contribution is 6.09. The summed E-state index contributed by atoms with van der Waals surface area (Å²) in [7, 11) is 0. The van der Waals surface area contributed by atoms with E-state index in [4.69, 9.17) is 0 Å². The van der Waals surface area contributed by atoms with E-state index in [9.17, 15) is 4.79 Å². The van der Waals surface area contributed by atoms with Gasteiger partial charge in [-0.3, -0.25) is 4.79 Å². The van der Waals surface area contributed by atoms with Gasteiger partial charge in [-0.2, -0.15) is 0 Å². The van der Waals surface area contributed by atoms with Crippen molar-refractivity contribution in [3.8, 4) is 0 Å². The van der Waals surface area contributed by atoms with Crippen LogP contribution in [-0.4, -0.2) is 10.8 Å². The van der Waals surface area contributed by atoms with Crippen molar-refractivity contribution in [2.24, 2.45) is 0 Å². The SMILES string of the molecule is Cc1cc(C(=O)c2ccccc2)c(C)[nH]1. The lowest BCUT2D eigenvalue weighted by atomic mass is 10.0. The van der Waals surface area contributed by atoms with Crippen LogP contribution in [0, 0.1) is 13.8 Å². The first-order chi connectivity index (χ1) is 7.18. The summed E-state index contributed by atoms with van der Waals surface area (Å²) in [5.41, 5.74) is 3.45. The monoisotopic (exact) mass is 199 g/mol. The highest BCUT2D eigenvalue weighted by Crippen LogP contribution is 2.14. The van der Waals surface area contributed by atoms with Gasteiger partial charge in [-0.25, -0.2) is 0 Å². The average Bonchev–Trinajstić information content (AvgIpc) is 2.58. The van der Waals surface area contributed by atoms with Crippen LogP contribution >= 0.6 is 0 Å². The van der Waals surface area contributed by atoms with Gasteiger partial charge in [-0.05, 0) is 19.9 Å². The summed E-state index contributed by atoms with van der Waals surface area (Å²) in [5.74, 6) is 0.0810. The zero-order valence-electron chi connectivity index (χ0n) is 8.87. The first-order valence-electron chi connectivity index (χ1n) is 4.94. The number of hydrogen-bond donors (Lipinski definition) is 1. The number of ketones is 1. The second-order valence-electron chi connectivity index (χ2n) is 3.69. The van der Waals surface area contributed by atoms with Crippen LogP contribution in [-0.2, 0) is 0 Å². The van der Waals surface area contributed by atoms with Crippen molar-refractivity contribution in [3.05, 3.63) is 58.9 Å². The van der Waals surface area contributed by atoms with Gasteiger partial charge in [0.05, 0.1) is 0 Å². The Morgan fingerprint density at radius 2 is 1.80 bits per heavy atom. The Balaban J connectivity index is 2.41. The van der Waals surface area contributed by atoms with Gasteiger partial charge in [0.15, 0.2) is 5.78 Å². The molecule has 1 aromatic carbocycles. The molecular weight excluding hydrogens is 186 g/mol. The number of hydrogen-bond acceptors (Lipinski definition) is 1. The van der Waals surface area contributed by atoms with Gasteiger partial charge in [0.2, 0.25) is 0 Å². The van der Waals surface area contributed by atoms with Crippen LogP contribution in [0.5, 0.6) is 0 Å². The molecule has 0 atom stereocenters. The molecule has 0 saturated heterocycles. The topological polar surface area (TPSA) is 32.9 Å². The van der Waals surface area contributed by atoms with Crippen molar-refractivity contribution in [3.63, 3.8) is 0 Å². The molecule has 0 aliphatic heterocycles. The van der Waals surface area contributed by atoms with E-state index >= 15 is 0 Å². The number of H-pyrrole nitrogens is 1.